The maximum atomic E-state index is 12.2. The zero-order valence-electron chi connectivity index (χ0n) is 12.4. The summed E-state index contributed by atoms with van der Waals surface area (Å²) in [4.78, 5) is 12.7. The lowest BCUT2D eigenvalue weighted by Gasteiger charge is -2.29. The van der Waals surface area contributed by atoms with E-state index in [1.165, 1.54) is 4.90 Å². The van der Waals surface area contributed by atoms with Crippen molar-refractivity contribution in [2.45, 2.75) is 56.7 Å². The van der Waals surface area contributed by atoms with Crippen LogP contribution in [0, 0.1) is 0 Å². The van der Waals surface area contributed by atoms with E-state index in [0.29, 0.717) is 0 Å². The molecule has 1 aliphatic rings. The molecule has 1 aliphatic heterocycles. The van der Waals surface area contributed by atoms with Crippen molar-refractivity contribution in [1.82, 2.24) is 10.2 Å². The number of carbonyl (C=O) groups is 1. The summed E-state index contributed by atoms with van der Waals surface area (Å²) in [5, 5.41) is 31.7. The standard InChI is InChI=1S/C13H23F3N2O4/c1-2-10(20)17-6-8-11(21)12(22)9(7-19)18(8)5-3-4-13(14,15)16/h8-9,11-12,19,21-22H,2-7H2,1H3,(H,17,20)/t8-,9-,11-,12-/m1/s1. The van der Waals surface area contributed by atoms with Crippen LogP contribution in [0.25, 0.3) is 0 Å². The molecule has 0 bridgehead atoms. The lowest BCUT2D eigenvalue weighted by Crippen LogP contribution is -2.47. The minimum Gasteiger partial charge on any atom is -0.395 e. The number of aliphatic hydroxyl groups is 3. The molecule has 0 unspecified atom stereocenters. The Hall–Kier alpha value is -0.900. The molecule has 0 aromatic rings. The van der Waals surface area contributed by atoms with Crippen molar-refractivity contribution in [3.63, 3.8) is 0 Å². The van der Waals surface area contributed by atoms with Crippen LogP contribution >= 0.6 is 0 Å². The first-order chi connectivity index (χ1) is 10.2. The summed E-state index contributed by atoms with van der Waals surface area (Å²) in [5.74, 6) is -0.260. The molecule has 1 saturated heterocycles. The van der Waals surface area contributed by atoms with E-state index >= 15 is 0 Å². The van der Waals surface area contributed by atoms with Crippen LogP contribution in [0.2, 0.25) is 0 Å². The highest BCUT2D eigenvalue weighted by Crippen LogP contribution is 2.27. The van der Waals surface area contributed by atoms with Crippen molar-refractivity contribution in [2.24, 2.45) is 0 Å². The zero-order chi connectivity index (χ0) is 16.9. The van der Waals surface area contributed by atoms with Gasteiger partial charge < -0.3 is 20.6 Å². The van der Waals surface area contributed by atoms with Crippen molar-refractivity contribution in [3.05, 3.63) is 0 Å². The third-order valence-electron chi connectivity index (χ3n) is 3.88. The second-order valence-electron chi connectivity index (χ2n) is 5.41. The van der Waals surface area contributed by atoms with Crippen LogP contribution in [0.4, 0.5) is 13.2 Å². The van der Waals surface area contributed by atoms with E-state index in [4.69, 9.17) is 0 Å². The molecule has 1 heterocycles. The average molecular weight is 328 g/mol. The third kappa shape index (κ3) is 5.08. The molecule has 1 rings (SSSR count). The molecule has 4 N–H and O–H groups in total. The normalized spacial score (nSPS) is 29.8. The van der Waals surface area contributed by atoms with Crippen molar-refractivity contribution < 1.29 is 33.3 Å². The summed E-state index contributed by atoms with van der Waals surface area (Å²) in [5.41, 5.74) is 0. The Balaban J connectivity index is 2.69. The first-order valence-corrected chi connectivity index (χ1v) is 7.27. The molecule has 0 saturated carbocycles. The largest absolute Gasteiger partial charge is 0.395 e. The monoisotopic (exact) mass is 328 g/mol. The number of nitrogens with one attached hydrogen (secondary N) is 1. The molecule has 0 spiro atoms. The van der Waals surface area contributed by atoms with Gasteiger partial charge in [-0.05, 0) is 13.0 Å². The Labute approximate surface area is 126 Å². The Morgan fingerprint density at radius 3 is 2.32 bits per heavy atom. The maximum Gasteiger partial charge on any atom is 0.389 e. The van der Waals surface area contributed by atoms with Crippen LogP contribution in [0.3, 0.4) is 0 Å². The van der Waals surface area contributed by atoms with E-state index in [1.807, 2.05) is 0 Å². The van der Waals surface area contributed by atoms with Gasteiger partial charge in [-0.3, -0.25) is 9.69 Å². The molecule has 130 valence electrons. The van der Waals surface area contributed by atoms with Crippen LogP contribution < -0.4 is 5.32 Å². The van der Waals surface area contributed by atoms with E-state index in [-0.39, 0.29) is 31.8 Å². The molecular formula is C13H23F3N2O4. The molecule has 0 aromatic heterocycles. The molecule has 4 atom stereocenters. The minimum absolute atomic E-state index is 0.00736. The van der Waals surface area contributed by atoms with Crippen LogP contribution in [0.15, 0.2) is 0 Å². The summed E-state index contributed by atoms with van der Waals surface area (Å²) in [7, 11) is 0. The quantitative estimate of drug-likeness (QED) is 0.511. The maximum absolute atomic E-state index is 12.2. The number of likely N-dealkylation sites (tertiary alicyclic amines) is 1. The summed E-state index contributed by atoms with van der Waals surface area (Å²) in [6, 6.07) is -1.57. The van der Waals surface area contributed by atoms with Gasteiger partial charge in [-0.25, -0.2) is 0 Å². The minimum atomic E-state index is -4.28. The fraction of sp³-hybridized carbons (Fsp3) is 0.923. The predicted octanol–water partition coefficient (Wildman–Crippen LogP) is -0.378. The van der Waals surface area contributed by atoms with Gasteiger partial charge in [-0.15, -0.1) is 0 Å². The molecule has 0 radical (unpaired) electrons. The van der Waals surface area contributed by atoms with Crippen LogP contribution in [0.5, 0.6) is 0 Å². The first kappa shape index (κ1) is 19.1. The van der Waals surface area contributed by atoms with Crippen molar-refractivity contribution in [2.75, 3.05) is 19.7 Å². The molecule has 22 heavy (non-hydrogen) atoms. The van der Waals surface area contributed by atoms with Crippen LogP contribution in [-0.4, -0.2) is 76.3 Å². The lowest BCUT2D eigenvalue weighted by atomic mass is 10.1. The van der Waals surface area contributed by atoms with E-state index in [1.54, 1.807) is 6.92 Å². The van der Waals surface area contributed by atoms with Gasteiger partial charge in [-0.2, -0.15) is 13.2 Å². The molecule has 0 aliphatic carbocycles. The van der Waals surface area contributed by atoms with E-state index in [0.717, 1.165) is 0 Å². The number of halogens is 3. The fourth-order valence-corrected chi connectivity index (χ4v) is 2.68. The Bertz CT molecular complexity index is 368. The number of aliphatic hydroxyl groups excluding tert-OH is 3. The highest BCUT2D eigenvalue weighted by molar-refractivity contribution is 5.75. The van der Waals surface area contributed by atoms with Gasteiger partial charge in [-0.1, -0.05) is 6.92 Å². The molecule has 1 amide bonds. The van der Waals surface area contributed by atoms with E-state index in [9.17, 15) is 33.3 Å². The number of alkyl halides is 3. The van der Waals surface area contributed by atoms with Gasteiger partial charge >= 0.3 is 6.18 Å². The zero-order valence-corrected chi connectivity index (χ0v) is 12.4. The number of hydrogen-bond acceptors (Lipinski definition) is 5. The number of nitrogens with zero attached hydrogens (tertiary/aromatic N) is 1. The van der Waals surface area contributed by atoms with Gasteiger partial charge in [0.15, 0.2) is 0 Å². The molecule has 1 fully saturated rings. The number of hydrogen-bond donors (Lipinski definition) is 4. The van der Waals surface area contributed by atoms with Gasteiger partial charge in [0.2, 0.25) is 5.91 Å². The second kappa shape index (κ2) is 8.09. The molecular weight excluding hydrogens is 305 g/mol. The van der Waals surface area contributed by atoms with Crippen molar-refractivity contribution >= 4 is 5.91 Å². The van der Waals surface area contributed by atoms with Gasteiger partial charge in [0.1, 0.15) is 0 Å². The summed E-state index contributed by atoms with van der Waals surface area (Å²) >= 11 is 0. The topological polar surface area (TPSA) is 93.0 Å². The second-order valence-corrected chi connectivity index (χ2v) is 5.41. The molecule has 0 aromatic carbocycles. The van der Waals surface area contributed by atoms with Crippen LogP contribution in [0.1, 0.15) is 26.2 Å². The summed E-state index contributed by atoms with van der Waals surface area (Å²) in [6.07, 6.45) is -7.74. The molecule has 9 heteroatoms. The Morgan fingerprint density at radius 1 is 1.23 bits per heavy atom. The highest BCUT2D eigenvalue weighted by atomic mass is 19.4. The van der Waals surface area contributed by atoms with Gasteiger partial charge in [0.05, 0.1) is 30.9 Å². The number of amides is 1. The van der Waals surface area contributed by atoms with E-state index in [2.05, 4.69) is 5.32 Å². The fourth-order valence-electron chi connectivity index (χ4n) is 2.68. The molecule has 6 nitrogen and oxygen atoms in total. The van der Waals surface area contributed by atoms with Gasteiger partial charge in [0.25, 0.3) is 0 Å². The van der Waals surface area contributed by atoms with Gasteiger partial charge in [0, 0.05) is 19.4 Å². The Kier molecular flexibility index (Phi) is 7.04. The SMILES string of the molecule is CCC(=O)NC[C@@H]1[C@@H](O)[C@H](O)[C@@H](CO)N1CCCC(F)(F)F. The number of rotatable bonds is 7. The van der Waals surface area contributed by atoms with E-state index < -0.39 is 43.5 Å². The average Bonchev–Trinajstić information content (AvgIpc) is 2.66. The third-order valence-corrected chi connectivity index (χ3v) is 3.88. The summed E-state index contributed by atoms with van der Waals surface area (Å²) in [6.45, 7) is 1.13. The lowest BCUT2D eigenvalue weighted by molar-refractivity contribution is -0.136. The van der Waals surface area contributed by atoms with Crippen LogP contribution in [-0.2, 0) is 4.79 Å². The smallest absolute Gasteiger partial charge is 0.389 e. The summed E-state index contributed by atoms with van der Waals surface area (Å²) < 4.78 is 36.7. The predicted molar refractivity (Wildman–Crippen MR) is 72.0 cm³/mol. The van der Waals surface area contributed by atoms with Crippen molar-refractivity contribution in [1.29, 1.82) is 0 Å². The van der Waals surface area contributed by atoms with Crippen molar-refractivity contribution in [3.8, 4) is 0 Å². The highest BCUT2D eigenvalue weighted by Gasteiger charge is 2.47. The Morgan fingerprint density at radius 2 is 1.82 bits per heavy atom. The first-order valence-electron chi connectivity index (χ1n) is 7.27. The number of carbonyl (C=O) groups excluding carboxylic acids is 1.